The number of aliphatic hydroxyl groups is 1. The zero-order chi connectivity index (χ0) is 18.6. The van der Waals surface area contributed by atoms with E-state index in [2.05, 4.69) is 46.0 Å². The molecule has 2 N–H and O–H groups in total. The number of hydrogen-bond donors (Lipinski definition) is 2. The molecular weight excluding hydrogens is 338 g/mol. The van der Waals surface area contributed by atoms with Crippen molar-refractivity contribution in [1.82, 2.24) is 9.88 Å². The molecule has 5 heteroatoms. The van der Waals surface area contributed by atoms with Gasteiger partial charge in [0.15, 0.2) is 0 Å². The molecule has 1 aliphatic heterocycles. The second-order valence-corrected chi connectivity index (χ2v) is 7.28. The lowest BCUT2D eigenvalue weighted by atomic mass is 10.2. The summed E-state index contributed by atoms with van der Waals surface area (Å²) < 4.78 is 5.88. The Morgan fingerprint density at radius 3 is 2.59 bits per heavy atom. The van der Waals surface area contributed by atoms with Gasteiger partial charge in [0, 0.05) is 55.5 Å². The van der Waals surface area contributed by atoms with Crippen LogP contribution in [-0.2, 0) is 0 Å². The molecule has 0 aliphatic carbocycles. The molecule has 0 spiro atoms. The van der Waals surface area contributed by atoms with Crippen LogP contribution in [0.4, 0.5) is 5.69 Å². The normalized spacial score (nSPS) is 16.6. The van der Waals surface area contributed by atoms with Crippen LogP contribution in [0.15, 0.2) is 54.7 Å². The maximum atomic E-state index is 10.4. The summed E-state index contributed by atoms with van der Waals surface area (Å²) in [4.78, 5) is 7.90. The van der Waals surface area contributed by atoms with E-state index in [1.165, 1.54) is 11.3 Å². The maximum absolute atomic E-state index is 10.4. The Labute approximate surface area is 160 Å². The number of aliphatic hydroxyl groups excluding tert-OH is 1. The van der Waals surface area contributed by atoms with E-state index in [1.54, 1.807) is 0 Å². The van der Waals surface area contributed by atoms with Gasteiger partial charge < -0.3 is 19.7 Å². The number of hydrogen-bond acceptors (Lipinski definition) is 4. The van der Waals surface area contributed by atoms with Crippen LogP contribution in [0.25, 0.3) is 10.9 Å². The molecule has 2 heterocycles. The van der Waals surface area contributed by atoms with E-state index in [1.807, 2.05) is 30.5 Å². The average molecular weight is 365 g/mol. The molecule has 0 bridgehead atoms. The highest BCUT2D eigenvalue weighted by Crippen LogP contribution is 2.24. The van der Waals surface area contributed by atoms with E-state index < -0.39 is 6.10 Å². The van der Waals surface area contributed by atoms with E-state index in [0.29, 0.717) is 13.2 Å². The van der Waals surface area contributed by atoms with Crippen LogP contribution in [0.5, 0.6) is 5.75 Å². The summed E-state index contributed by atoms with van der Waals surface area (Å²) in [6, 6.07) is 16.6. The monoisotopic (exact) mass is 365 g/mol. The first-order valence-corrected chi connectivity index (χ1v) is 9.60. The number of aryl methyl sites for hydroxylation is 1. The number of piperazine rings is 1. The average Bonchev–Trinajstić information content (AvgIpc) is 3.17. The lowest BCUT2D eigenvalue weighted by Gasteiger charge is -2.36. The number of ether oxygens (including phenoxy) is 1. The summed E-state index contributed by atoms with van der Waals surface area (Å²) in [6.45, 7) is 6.95. The Kier molecular flexibility index (Phi) is 5.32. The number of β-amino-alcohol motifs (C(OH)–C–C–N with tert-alkyl or cyclic N) is 1. The number of benzene rings is 2. The zero-order valence-electron chi connectivity index (χ0n) is 15.8. The van der Waals surface area contributed by atoms with Gasteiger partial charge in [-0.3, -0.25) is 4.90 Å². The van der Waals surface area contributed by atoms with Crippen LogP contribution >= 0.6 is 0 Å². The number of rotatable bonds is 6. The number of nitrogens with zero attached hydrogens (tertiary/aromatic N) is 2. The van der Waals surface area contributed by atoms with Crippen molar-refractivity contribution >= 4 is 16.6 Å². The van der Waals surface area contributed by atoms with E-state index in [4.69, 9.17) is 4.74 Å². The third-order valence-electron chi connectivity index (χ3n) is 5.23. The third-order valence-corrected chi connectivity index (χ3v) is 5.23. The number of H-pyrrole nitrogens is 1. The standard InChI is InChI=1S/C22H27N3O2/c1-17-5-7-18(8-6-17)25-13-11-24(12-14-25)15-19(26)16-27-22-4-2-3-21-20(22)9-10-23-21/h2-10,19,23,26H,11-16H2,1H3. The van der Waals surface area contributed by atoms with Gasteiger partial charge in [0.25, 0.3) is 0 Å². The van der Waals surface area contributed by atoms with Crippen LogP contribution in [-0.4, -0.2) is 60.4 Å². The van der Waals surface area contributed by atoms with Gasteiger partial charge in [-0.2, -0.15) is 0 Å². The summed E-state index contributed by atoms with van der Waals surface area (Å²) in [5.41, 5.74) is 3.62. The highest BCUT2D eigenvalue weighted by molar-refractivity contribution is 5.85. The lowest BCUT2D eigenvalue weighted by Crippen LogP contribution is -2.49. The van der Waals surface area contributed by atoms with Crippen LogP contribution < -0.4 is 9.64 Å². The number of fused-ring (bicyclic) bond motifs is 1. The topological polar surface area (TPSA) is 51.7 Å². The molecule has 3 aromatic rings. The fraction of sp³-hybridized carbons (Fsp3) is 0.364. The fourth-order valence-electron chi connectivity index (χ4n) is 3.66. The third kappa shape index (κ3) is 4.26. The van der Waals surface area contributed by atoms with Crippen molar-refractivity contribution in [3.05, 3.63) is 60.3 Å². The lowest BCUT2D eigenvalue weighted by molar-refractivity contribution is 0.0668. The predicted molar refractivity (Wildman–Crippen MR) is 110 cm³/mol. The van der Waals surface area contributed by atoms with Gasteiger partial charge in [-0.15, -0.1) is 0 Å². The molecule has 2 aromatic carbocycles. The summed E-state index contributed by atoms with van der Waals surface area (Å²) >= 11 is 0. The molecule has 1 unspecified atom stereocenters. The van der Waals surface area contributed by atoms with Crippen molar-refractivity contribution in [2.24, 2.45) is 0 Å². The second-order valence-electron chi connectivity index (χ2n) is 7.28. The number of aromatic amines is 1. The van der Waals surface area contributed by atoms with E-state index in [0.717, 1.165) is 42.8 Å². The maximum Gasteiger partial charge on any atom is 0.128 e. The van der Waals surface area contributed by atoms with E-state index in [9.17, 15) is 5.11 Å². The molecule has 1 aromatic heterocycles. The molecule has 1 atom stereocenters. The van der Waals surface area contributed by atoms with Crippen molar-refractivity contribution in [3.63, 3.8) is 0 Å². The van der Waals surface area contributed by atoms with Gasteiger partial charge in [0.2, 0.25) is 0 Å². The Morgan fingerprint density at radius 1 is 1.04 bits per heavy atom. The molecule has 27 heavy (non-hydrogen) atoms. The first kappa shape index (κ1) is 17.9. The molecule has 4 rings (SSSR count). The Bertz CT molecular complexity index is 867. The molecule has 0 radical (unpaired) electrons. The molecular formula is C22H27N3O2. The number of anilines is 1. The highest BCUT2D eigenvalue weighted by atomic mass is 16.5. The van der Waals surface area contributed by atoms with Crippen LogP contribution in [0.3, 0.4) is 0 Å². The summed E-state index contributed by atoms with van der Waals surface area (Å²) in [5.74, 6) is 0.817. The van der Waals surface area contributed by atoms with E-state index >= 15 is 0 Å². The largest absolute Gasteiger partial charge is 0.490 e. The molecule has 0 amide bonds. The Hall–Kier alpha value is -2.50. The van der Waals surface area contributed by atoms with Crippen molar-refractivity contribution in [1.29, 1.82) is 0 Å². The highest BCUT2D eigenvalue weighted by Gasteiger charge is 2.20. The van der Waals surface area contributed by atoms with Gasteiger partial charge in [0.05, 0.1) is 0 Å². The molecule has 0 saturated carbocycles. The van der Waals surface area contributed by atoms with Crippen molar-refractivity contribution in [2.45, 2.75) is 13.0 Å². The van der Waals surface area contributed by atoms with E-state index in [-0.39, 0.29) is 0 Å². The Morgan fingerprint density at radius 2 is 1.81 bits per heavy atom. The minimum atomic E-state index is -0.495. The van der Waals surface area contributed by atoms with Gasteiger partial charge >= 0.3 is 0 Å². The minimum Gasteiger partial charge on any atom is -0.490 e. The van der Waals surface area contributed by atoms with Crippen LogP contribution in [0.2, 0.25) is 0 Å². The van der Waals surface area contributed by atoms with Gasteiger partial charge in [-0.25, -0.2) is 0 Å². The van der Waals surface area contributed by atoms with Gasteiger partial charge in [-0.1, -0.05) is 23.8 Å². The quantitative estimate of drug-likeness (QED) is 0.705. The summed E-state index contributed by atoms with van der Waals surface area (Å²) in [6.07, 6.45) is 1.41. The summed E-state index contributed by atoms with van der Waals surface area (Å²) in [5, 5.41) is 11.5. The number of aromatic nitrogens is 1. The minimum absolute atomic E-state index is 0.308. The Balaban J connectivity index is 1.25. The summed E-state index contributed by atoms with van der Waals surface area (Å²) in [7, 11) is 0. The fourth-order valence-corrected chi connectivity index (χ4v) is 3.66. The first-order chi connectivity index (χ1) is 13.2. The number of nitrogens with one attached hydrogen (secondary N) is 1. The SMILES string of the molecule is Cc1ccc(N2CCN(CC(O)COc3cccc4[nH]ccc34)CC2)cc1. The van der Waals surface area contributed by atoms with Gasteiger partial charge in [0.1, 0.15) is 18.5 Å². The van der Waals surface area contributed by atoms with Crippen molar-refractivity contribution in [3.8, 4) is 5.75 Å². The molecule has 5 nitrogen and oxygen atoms in total. The first-order valence-electron chi connectivity index (χ1n) is 9.60. The smallest absolute Gasteiger partial charge is 0.128 e. The molecule has 1 fully saturated rings. The van der Waals surface area contributed by atoms with Crippen molar-refractivity contribution in [2.75, 3.05) is 44.2 Å². The predicted octanol–water partition coefficient (Wildman–Crippen LogP) is 3.04. The molecule has 142 valence electrons. The van der Waals surface area contributed by atoms with Crippen LogP contribution in [0.1, 0.15) is 5.56 Å². The second kappa shape index (κ2) is 8.03. The van der Waals surface area contributed by atoms with Gasteiger partial charge in [-0.05, 0) is 37.3 Å². The molecule has 1 aliphatic rings. The zero-order valence-corrected chi connectivity index (χ0v) is 15.8. The van der Waals surface area contributed by atoms with Crippen molar-refractivity contribution < 1.29 is 9.84 Å². The van der Waals surface area contributed by atoms with Crippen LogP contribution in [0, 0.1) is 6.92 Å². The molecule has 1 saturated heterocycles.